The van der Waals surface area contributed by atoms with E-state index in [4.69, 9.17) is 23.2 Å². The van der Waals surface area contributed by atoms with Gasteiger partial charge in [-0.1, -0.05) is 35.3 Å². The normalized spacial score (nSPS) is 10.3. The second-order valence-electron chi connectivity index (χ2n) is 3.53. The number of benzene rings is 1. The molecule has 0 radical (unpaired) electrons. The maximum atomic E-state index is 12.1. The fourth-order valence-electron chi connectivity index (χ4n) is 1.45. The molecule has 0 bridgehead atoms. The monoisotopic (exact) mass is 313 g/mol. The molecule has 7 heteroatoms. The predicted octanol–water partition coefficient (Wildman–Crippen LogP) is 3.76. The van der Waals surface area contributed by atoms with E-state index in [0.29, 0.717) is 5.69 Å². The Kier molecular flexibility index (Phi) is 4.63. The molecular weight excluding hydrogens is 305 g/mol. The van der Waals surface area contributed by atoms with Crippen LogP contribution < -0.4 is 5.32 Å². The van der Waals surface area contributed by atoms with Crippen LogP contribution >= 0.6 is 35.0 Å². The van der Waals surface area contributed by atoms with Crippen molar-refractivity contribution in [2.24, 2.45) is 0 Å². The number of carbonyl (C=O) groups excluding carboxylic acids is 1. The van der Waals surface area contributed by atoms with Crippen LogP contribution in [0, 0.1) is 0 Å². The SMILES string of the molecule is CSc1ccccc1NC(=O)c1cc(Cl)nnc1Cl. The van der Waals surface area contributed by atoms with Gasteiger partial charge in [0, 0.05) is 4.90 Å². The standard InChI is InChI=1S/C12H9Cl2N3OS/c1-19-9-5-3-2-4-8(9)15-12(18)7-6-10(13)16-17-11(7)14/h2-6H,1H3,(H,15,18). The van der Waals surface area contributed by atoms with Crippen LogP contribution in [-0.4, -0.2) is 22.4 Å². The van der Waals surface area contributed by atoms with Gasteiger partial charge in [-0.05, 0) is 24.5 Å². The first-order valence-corrected chi connectivity index (χ1v) is 7.23. The lowest BCUT2D eigenvalue weighted by Gasteiger charge is -2.09. The second kappa shape index (κ2) is 6.23. The molecule has 1 N–H and O–H groups in total. The molecule has 1 aromatic heterocycles. The molecule has 0 saturated heterocycles. The van der Waals surface area contributed by atoms with Gasteiger partial charge in [0.1, 0.15) is 0 Å². The van der Waals surface area contributed by atoms with Crippen molar-refractivity contribution < 1.29 is 4.79 Å². The molecule has 0 aliphatic carbocycles. The van der Waals surface area contributed by atoms with E-state index in [2.05, 4.69) is 15.5 Å². The van der Waals surface area contributed by atoms with E-state index in [1.165, 1.54) is 17.8 Å². The zero-order valence-electron chi connectivity index (χ0n) is 9.85. The molecule has 0 saturated carbocycles. The van der Waals surface area contributed by atoms with Crippen molar-refractivity contribution in [2.45, 2.75) is 4.90 Å². The largest absolute Gasteiger partial charge is 0.321 e. The van der Waals surface area contributed by atoms with Gasteiger partial charge < -0.3 is 5.32 Å². The fraction of sp³-hybridized carbons (Fsp3) is 0.0833. The minimum Gasteiger partial charge on any atom is -0.321 e. The summed E-state index contributed by atoms with van der Waals surface area (Å²) in [7, 11) is 0. The molecule has 2 rings (SSSR count). The van der Waals surface area contributed by atoms with Gasteiger partial charge in [-0.15, -0.1) is 22.0 Å². The van der Waals surface area contributed by atoms with Crippen molar-refractivity contribution in [1.82, 2.24) is 10.2 Å². The molecule has 0 fully saturated rings. The van der Waals surface area contributed by atoms with Crippen molar-refractivity contribution >= 4 is 46.6 Å². The van der Waals surface area contributed by atoms with Gasteiger partial charge in [-0.2, -0.15) is 0 Å². The van der Waals surface area contributed by atoms with Crippen LogP contribution in [0.3, 0.4) is 0 Å². The number of hydrogen-bond acceptors (Lipinski definition) is 4. The lowest BCUT2D eigenvalue weighted by atomic mass is 10.2. The highest BCUT2D eigenvalue weighted by Crippen LogP contribution is 2.26. The lowest BCUT2D eigenvalue weighted by molar-refractivity contribution is 0.102. The van der Waals surface area contributed by atoms with Gasteiger partial charge in [0.05, 0.1) is 11.3 Å². The van der Waals surface area contributed by atoms with E-state index in [9.17, 15) is 4.79 Å². The second-order valence-corrected chi connectivity index (χ2v) is 5.12. The van der Waals surface area contributed by atoms with Gasteiger partial charge in [0.15, 0.2) is 10.3 Å². The Labute approximate surface area is 124 Å². The van der Waals surface area contributed by atoms with E-state index in [0.717, 1.165) is 4.90 Å². The summed E-state index contributed by atoms with van der Waals surface area (Å²) in [4.78, 5) is 13.1. The maximum Gasteiger partial charge on any atom is 0.259 e. The highest BCUT2D eigenvalue weighted by molar-refractivity contribution is 7.98. The number of nitrogens with zero attached hydrogens (tertiary/aromatic N) is 2. The smallest absolute Gasteiger partial charge is 0.259 e. The van der Waals surface area contributed by atoms with Crippen molar-refractivity contribution in [1.29, 1.82) is 0 Å². The molecule has 1 aromatic carbocycles. The first kappa shape index (κ1) is 14.1. The van der Waals surface area contributed by atoms with Gasteiger partial charge in [-0.25, -0.2) is 0 Å². The molecule has 1 amide bonds. The molecule has 4 nitrogen and oxygen atoms in total. The average Bonchev–Trinajstić information content (AvgIpc) is 2.42. The summed E-state index contributed by atoms with van der Waals surface area (Å²) in [5.41, 5.74) is 0.904. The van der Waals surface area contributed by atoms with Crippen LogP contribution in [0.5, 0.6) is 0 Å². The number of aromatic nitrogens is 2. The third-order valence-electron chi connectivity index (χ3n) is 2.32. The van der Waals surface area contributed by atoms with Crippen molar-refractivity contribution in [3.05, 3.63) is 46.2 Å². The van der Waals surface area contributed by atoms with Crippen LogP contribution in [0.2, 0.25) is 10.3 Å². The van der Waals surface area contributed by atoms with Crippen LogP contribution in [0.1, 0.15) is 10.4 Å². The molecule has 0 unspecified atom stereocenters. The number of anilines is 1. The molecule has 19 heavy (non-hydrogen) atoms. The average molecular weight is 314 g/mol. The molecule has 0 atom stereocenters. The van der Waals surface area contributed by atoms with Gasteiger partial charge in [0.25, 0.3) is 5.91 Å². The Hall–Kier alpha value is -1.30. The zero-order chi connectivity index (χ0) is 13.8. The Morgan fingerprint density at radius 1 is 1.26 bits per heavy atom. The number of amides is 1. The summed E-state index contributed by atoms with van der Waals surface area (Å²) in [5.74, 6) is -0.372. The molecule has 0 aliphatic rings. The van der Waals surface area contributed by atoms with E-state index < -0.39 is 0 Å². The summed E-state index contributed by atoms with van der Waals surface area (Å²) in [6.07, 6.45) is 1.93. The molecule has 2 aromatic rings. The first-order chi connectivity index (χ1) is 9.11. The number of carbonyl (C=O) groups is 1. The number of para-hydroxylation sites is 1. The van der Waals surface area contributed by atoms with Crippen molar-refractivity contribution in [3.63, 3.8) is 0 Å². The Bertz CT molecular complexity index is 622. The summed E-state index contributed by atoms with van der Waals surface area (Å²) in [6, 6.07) is 8.86. The maximum absolute atomic E-state index is 12.1. The van der Waals surface area contributed by atoms with Gasteiger partial charge in [0.2, 0.25) is 0 Å². The number of halogens is 2. The summed E-state index contributed by atoms with van der Waals surface area (Å²) in [5, 5.41) is 10.1. The third kappa shape index (κ3) is 3.37. The number of rotatable bonds is 3. The Balaban J connectivity index is 2.28. The lowest BCUT2D eigenvalue weighted by Crippen LogP contribution is -2.14. The molecule has 98 valence electrons. The molecular formula is C12H9Cl2N3OS. The summed E-state index contributed by atoms with van der Waals surface area (Å²) < 4.78 is 0. The fourth-order valence-corrected chi connectivity index (χ4v) is 2.33. The number of thioether (sulfide) groups is 1. The van der Waals surface area contributed by atoms with E-state index in [1.54, 1.807) is 0 Å². The molecule has 0 spiro atoms. The van der Waals surface area contributed by atoms with Crippen LogP contribution in [0.15, 0.2) is 35.2 Å². The third-order valence-corrected chi connectivity index (χ3v) is 3.58. The molecule has 0 aliphatic heterocycles. The number of hydrogen-bond donors (Lipinski definition) is 1. The summed E-state index contributed by atoms with van der Waals surface area (Å²) >= 11 is 13.1. The van der Waals surface area contributed by atoms with E-state index in [1.807, 2.05) is 30.5 Å². The highest BCUT2D eigenvalue weighted by atomic mass is 35.5. The first-order valence-electron chi connectivity index (χ1n) is 5.25. The van der Waals surface area contributed by atoms with Gasteiger partial charge in [-0.3, -0.25) is 4.79 Å². The van der Waals surface area contributed by atoms with E-state index in [-0.39, 0.29) is 21.8 Å². The number of nitrogens with one attached hydrogen (secondary N) is 1. The van der Waals surface area contributed by atoms with Crippen LogP contribution in [0.25, 0.3) is 0 Å². The molecule has 1 heterocycles. The minimum absolute atomic E-state index is 0.0172. The van der Waals surface area contributed by atoms with Crippen LogP contribution in [0.4, 0.5) is 5.69 Å². The van der Waals surface area contributed by atoms with E-state index >= 15 is 0 Å². The predicted molar refractivity (Wildman–Crippen MR) is 78.2 cm³/mol. The van der Waals surface area contributed by atoms with Crippen LogP contribution in [-0.2, 0) is 0 Å². The Morgan fingerprint density at radius 2 is 2.00 bits per heavy atom. The summed E-state index contributed by atoms with van der Waals surface area (Å²) in [6.45, 7) is 0. The van der Waals surface area contributed by atoms with Crippen molar-refractivity contribution in [3.8, 4) is 0 Å². The Morgan fingerprint density at radius 3 is 2.74 bits per heavy atom. The van der Waals surface area contributed by atoms with Gasteiger partial charge >= 0.3 is 0 Å². The zero-order valence-corrected chi connectivity index (χ0v) is 12.2. The topological polar surface area (TPSA) is 54.9 Å². The highest BCUT2D eigenvalue weighted by Gasteiger charge is 2.14. The van der Waals surface area contributed by atoms with Crippen molar-refractivity contribution in [2.75, 3.05) is 11.6 Å². The quantitative estimate of drug-likeness (QED) is 0.877. The minimum atomic E-state index is -0.372.